The molecule has 0 fully saturated rings. The van der Waals surface area contributed by atoms with Crippen molar-refractivity contribution in [1.29, 1.82) is 0 Å². The summed E-state index contributed by atoms with van der Waals surface area (Å²) < 4.78 is 1.82. The lowest BCUT2D eigenvalue weighted by molar-refractivity contribution is -0.422. The first-order chi connectivity index (χ1) is 7.16. The number of pyridine rings is 1. The van der Waals surface area contributed by atoms with Crippen LogP contribution in [-0.4, -0.2) is 14.3 Å². The molecular weight excluding hydrogens is 194 g/mol. The molecule has 0 aromatic carbocycles. The van der Waals surface area contributed by atoms with E-state index in [1.54, 1.807) is 6.20 Å². The molecule has 0 saturated heterocycles. The molecule has 76 valence electrons. The van der Waals surface area contributed by atoms with Gasteiger partial charge in [0.2, 0.25) is 5.70 Å². The summed E-state index contributed by atoms with van der Waals surface area (Å²) in [5.41, 5.74) is 1.45. The van der Waals surface area contributed by atoms with Gasteiger partial charge in [-0.1, -0.05) is 6.07 Å². The van der Waals surface area contributed by atoms with Crippen LogP contribution in [0.3, 0.4) is 0 Å². The fourth-order valence-electron chi connectivity index (χ4n) is 1.29. The number of hydrogen-bond donors (Lipinski definition) is 0. The number of fused-ring (bicyclic) bond motifs is 1. The fourth-order valence-corrected chi connectivity index (χ4v) is 1.29. The van der Waals surface area contributed by atoms with Gasteiger partial charge in [0.1, 0.15) is 5.65 Å². The lowest BCUT2D eigenvalue weighted by Gasteiger charge is -1.86. The maximum Gasteiger partial charge on any atom is 0.245 e. The monoisotopic (exact) mass is 203 g/mol. The Bertz CT molecular complexity index is 509. The van der Waals surface area contributed by atoms with E-state index in [9.17, 15) is 10.1 Å². The Morgan fingerprint density at radius 3 is 3.07 bits per heavy atom. The van der Waals surface area contributed by atoms with Gasteiger partial charge in [-0.05, 0) is 12.1 Å². The molecule has 0 unspecified atom stereocenters. The smallest absolute Gasteiger partial charge is 0.245 e. The van der Waals surface area contributed by atoms with Gasteiger partial charge < -0.3 is 4.40 Å². The summed E-state index contributed by atoms with van der Waals surface area (Å²) in [5, 5.41) is 10.4. The zero-order valence-electron chi connectivity index (χ0n) is 8.12. The van der Waals surface area contributed by atoms with Gasteiger partial charge in [-0.15, -0.1) is 0 Å². The maximum atomic E-state index is 10.4. The van der Waals surface area contributed by atoms with Crippen LogP contribution in [0.1, 0.15) is 12.6 Å². The lowest BCUT2D eigenvalue weighted by Crippen LogP contribution is -1.92. The second-order valence-electron chi connectivity index (χ2n) is 3.17. The Kier molecular flexibility index (Phi) is 2.21. The Labute approximate surface area is 85.8 Å². The van der Waals surface area contributed by atoms with Gasteiger partial charge in [0, 0.05) is 25.4 Å². The van der Waals surface area contributed by atoms with Crippen molar-refractivity contribution in [2.24, 2.45) is 0 Å². The van der Waals surface area contributed by atoms with Gasteiger partial charge in [0.15, 0.2) is 0 Å². The van der Waals surface area contributed by atoms with E-state index in [-0.39, 0.29) is 5.70 Å². The molecule has 0 aliphatic carbocycles. The molecule has 0 atom stereocenters. The molecule has 2 aromatic rings. The third kappa shape index (κ3) is 1.85. The molecule has 0 bridgehead atoms. The van der Waals surface area contributed by atoms with Crippen LogP contribution in [0.25, 0.3) is 11.7 Å². The van der Waals surface area contributed by atoms with Crippen LogP contribution in [0.4, 0.5) is 0 Å². The largest absolute Gasteiger partial charge is 0.306 e. The zero-order chi connectivity index (χ0) is 10.8. The summed E-state index contributed by atoms with van der Waals surface area (Å²) in [6.07, 6.45) is 5.05. The maximum absolute atomic E-state index is 10.4. The van der Waals surface area contributed by atoms with Crippen molar-refractivity contribution in [2.75, 3.05) is 0 Å². The molecule has 2 aromatic heterocycles. The van der Waals surface area contributed by atoms with Gasteiger partial charge in [0.05, 0.1) is 10.6 Å². The van der Waals surface area contributed by atoms with Crippen molar-refractivity contribution in [2.45, 2.75) is 6.92 Å². The molecule has 5 heteroatoms. The van der Waals surface area contributed by atoms with Crippen LogP contribution in [-0.2, 0) is 0 Å². The summed E-state index contributed by atoms with van der Waals surface area (Å²) >= 11 is 0. The van der Waals surface area contributed by atoms with Crippen molar-refractivity contribution in [3.8, 4) is 0 Å². The summed E-state index contributed by atoms with van der Waals surface area (Å²) in [5.74, 6) is 0. The van der Waals surface area contributed by atoms with Gasteiger partial charge >= 0.3 is 0 Å². The molecule has 0 amide bonds. The van der Waals surface area contributed by atoms with E-state index in [2.05, 4.69) is 4.98 Å². The van der Waals surface area contributed by atoms with Crippen LogP contribution >= 0.6 is 0 Å². The van der Waals surface area contributed by atoms with E-state index in [4.69, 9.17) is 0 Å². The number of hydrogen-bond acceptors (Lipinski definition) is 3. The molecule has 0 N–H and O–H groups in total. The minimum atomic E-state index is -0.427. The van der Waals surface area contributed by atoms with E-state index in [0.717, 1.165) is 5.65 Å². The van der Waals surface area contributed by atoms with Crippen molar-refractivity contribution >= 4 is 11.7 Å². The number of imidazole rings is 1. The second kappa shape index (κ2) is 3.53. The highest BCUT2D eigenvalue weighted by Crippen LogP contribution is 2.08. The van der Waals surface area contributed by atoms with Gasteiger partial charge in [-0.2, -0.15) is 0 Å². The van der Waals surface area contributed by atoms with Crippen LogP contribution in [0, 0.1) is 10.1 Å². The molecule has 0 spiro atoms. The van der Waals surface area contributed by atoms with Gasteiger partial charge in [-0.3, -0.25) is 10.1 Å². The van der Waals surface area contributed by atoms with Crippen molar-refractivity contribution in [3.63, 3.8) is 0 Å². The highest BCUT2D eigenvalue weighted by molar-refractivity contribution is 5.52. The second-order valence-corrected chi connectivity index (χ2v) is 3.17. The van der Waals surface area contributed by atoms with Crippen molar-refractivity contribution in [1.82, 2.24) is 9.38 Å². The fraction of sp³-hybridized carbons (Fsp3) is 0.100. The first-order valence-corrected chi connectivity index (χ1v) is 4.43. The normalized spacial score (nSPS) is 11.9. The first-order valence-electron chi connectivity index (χ1n) is 4.43. The number of nitrogens with zero attached hydrogens (tertiary/aromatic N) is 3. The van der Waals surface area contributed by atoms with Crippen LogP contribution in [0.5, 0.6) is 0 Å². The standard InChI is InChI=1S/C10H9N3O2/c1-8(13(14)15)6-9-7-12-5-3-2-4-10(12)11-9/h2-7H,1H3/b8-6-. The van der Waals surface area contributed by atoms with Crippen molar-refractivity contribution in [3.05, 3.63) is 52.1 Å². The van der Waals surface area contributed by atoms with E-state index in [1.807, 2.05) is 28.8 Å². The number of aromatic nitrogens is 2. The quantitative estimate of drug-likeness (QED) is 0.553. The third-order valence-corrected chi connectivity index (χ3v) is 2.03. The highest BCUT2D eigenvalue weighted by Gasteiger charge is 2.04. The molecule has 0 aliphatic rings. The van der Waals surface area contributed by atoms with Crippen LogP contribution in [0.15, 0.2) is 36.3 Å². The van der Waals surface area contributed by atoms with Crippen LogP contribution in [0.2, 0.25) is 0 Å². The highest BCUT2D eigenvalue weighted by atomic mass is 16.6. The van der Waals surface area contributed by atoms with E-state index in [1.165, 1.54) is 13.0 Å². The molecule has 0 saturated carbocycles. The minimum Gasteiger partial charge on any atom is -0.306 e. The summed E-state index contributed by atoms with van der Waals surface area (Å²) in [6.45, 7) is 1.45. The summed E-state index contributed by atoms with van der Waals surface area (Å²) in [7, 11) is 0. The summed E-state index contributed by atoms with van der Waals surface area (Å²) in [4.78, 5) is 14.2. The average molecular weight is 203 g/mol. The van der Waals surface area contributed by atoms with Gasteiger partial charge in [0.25, 0.3) is 0 Å². The van der Waals surface area contributed by atoms with Gasteiger partial charge in [-0.25, -0.2) is 4.98 Å². The predicted octanol–water partition coefficient (Wildman–Crippen LogP) is 1.97. The van der Waals surface area contributed by atoms with Crippen LogP contribution < -0.4 is 0 Å². The number of allylic oxidation sites excluding steroid dienone is 1. The molecular formula is C10H9N3O2. The molecule has 0 radical (unpaired) electrons. The van der Waals surface area contributed by atoms with E-state index >= 15 is 0 Å². The minimum absolute atomic E-state index is 0.0819. The Morgan fingerprint density at radius 1 is 1.60 bits per heavy atom. The molecule has 2 heterocycles. The Hall–Kier alpha value is -2.17. The van der Waals surface area contributed by atoms with Crippen molar-refractivity contribution < 1.29 is 4.92 Å². The lowest BCUT2D eigenvalue weighted by atomic mass is 10.4. The first kappa shape index (κ1) is 9.39. The number of nitro groups is 1. The summed E-state index contributed by atoms with van der Waals surface area (Å²) in [6, 6.07) is 5.59. The van der Waals surface area contributed by atoms with E-state index < -0.39 is 4.92 Å². The molecule has 2 rings (SSSR count). The predicted molar refractivity (Wildman–Crippen MR) is 55.8 cm³/mol. The average Bonchev–Trinajstić information content (AvgIpc) is 2.59. The molecule has 5 nitrogen and oxygen atoms in total. The van der Waals surface area contributed by atoms with E-state index in [0.29, 0.717) is 5.69 Å². The number of rotatable bonds is 2. The topological polar surface area (TPSA) is 60.4 Å². The zero-order valence-corrected chi connectivity index (χ0v) is 8.12. The molecule has 15 heavy (non-hydrogen) atoms. The SMILES string of the molecule is C/C(=C/c1cn2ccccc2n1)[N+](=O)[O-]. The molecule has 0 aliphatic heterocycles. The Morgan fingerprint density at radius 2 is 2.40 bits per heavy atom. The third-order valence-electron chi connectivity index (χ3n) is 2.03. The Balaban J connectivity index is 2.46.